The molecule has 3 nitrogen and oxygen atoms in total. The first-order valence-electron chi connectivity index (χ1n) is 4.02. The maximum Gasteiger partial charge on any atom is 0.206 e. The van der Waals surface area contributed by atoms with Crippen molar-refractivity contribution in [3.63, 3.8) is 0 Å². The Balaban J connectivity index is 2.02. The number of hydrogen-bond donors (Lipinski definition) is 1. The Labute approximate surface area is 80.4 Å². The fourth-order valence-electron chi connectivity index (χ4n) is 1.15. The molecule has 0 saturated heterocycles. The molecule has 0 atom stereocenters. The molecule has 0 spiro atoms. The van der Waals surface area contributed by atoms with Crippen LogP contribution in [0.1, 0.15) is 12.8 Å². The zero-order valence-electron chi connectivity index (χ0n) is 6.91. The summed E-state index contributed by atoms with van der Waals surface area (Å²) in [5.74, 6) is 0.896. The van der Waals surface area contributed by atoms with Crippen LogP contribution in [0.4, 0.5) is 5.13 Å². The third-order valence-electron chi connectivity index (χ3n) is 1.98. The van der Waals surface area contributed by atoms with Crippen molar-refractivity contribution in [1.29, 1.82) is 0 Å². The molecule has 1 aliphatic rings. The number of aromatic amines is 1. The fraction of sp³-hybridized carbons (Fsp3) is 0.714. The number of aromatic nitrogens is 2. The van der Waals surface area contributed by atoms with Gasteiger partial charge in [-0.15, -0.1) is 5.10 Å². The van der Waals surface area contributed by atoms with Crippen molar-refractivity contribution < 1.29 is 0 Å². The summed E-state index contributed by atoms with van der Waals surface area (Å²) in [6.07, 6.45) is 2.75. The van der Waals surface area contributed by atoms with Gasteiger partial charge in [0.2, 0.25) is 5.13 Å². The van der Waals surface area contributed by atoms with Crippen LogP contribution in [-0.2, 0) is 0 Å². The summed E-state index contributed by atoms with van der Waals surface area (Å²) in [5.41, 5.74) is 0. The van der Waals surface area contributed by atoms with Gasteiger partial charge in [-0.25, -0.2) is 0 Å². The van der Waals surface area contributed by atoms with Gasteiger partial charge < -0.3 is 4.90 Å². The minimum absolute atomic E-state index is 0.757. The summed E-state index contributed by atoms with van der Waals surface area (Å²) in [6.45, 7) is 1.12. The largest absolute Gasteiger partial charge is 0.349 e. The van der Waals surface area contributed by atoms with Gasteiger partial charge in [0, 0.05) is 13.6 Å². The second kappa shape index (κ2) is 3.14. The standard InChI is InChI=1S/C7H11N3S2/c1-10(4-5-2-3-5)6-8-9-7(11)12-6/h5H,2-4H2,1H3,(H,9,11). The van der Waals surface area contributed by atoms with Crippen molar-refractivity contribution >= 4 is 28.7 Å². The molecule has 5 heteroatoms. The average Bonchev–Trinajstić information content (AvgIpc) is 2.72. The molecule has 0 aromatic carbocycles. The van der Waals surface area contributed by atoms with Crippen molar-refractivity contribution in [2.45, 2.75) is 12.8 Å². The van der Waals surface area contributed by atoms with Crippen LogP contribution in [0.25, 0.3) is 0 Å². The van der Waals surface area contributed by atoms with Gasteiger partial charge in [-0.05, 0) is 31.0 Å². The van der Waals surface area contributed by atoms with E-state index in [2.05, 4.69) is 22.1 Å². The Morgan fingerprint density at radius 1 is 1.75 bits per heavy atom. The molecule has 1 fully saturated rings. The van der Waals surface area contributed by atoms with Crippen molar-refractivity contribution in [3.05, 3.63) is 3.95 Å². The summed E-state index contributed by atoms with van der Waals surface area (Å²) in [7, 11) is 2.07. The highest BCUT2D eigenvalue weighted by Gasteiger charge is 2.23. The van der Waals surface area contributed by atoms with E-state index in [9.17, 15) is 0 Å². The Morgan fingerprint density at radius 2 is 2.50 bits per heavy atom. The van der Waals surface area contributed by atoms with Crippen molar-refractivity contribution in [2.24, 2.45) is 5.92 Å². The molecule has 12 heavy (non-hydrogen) atoms. The normalized spacial score (nSPS) is 16.4. The predicted molar refractivity (Wildman–Crippen MR) is 53.3 cm³/mol. The first-order valence-corrected chi connectivity index (χ1v) is 5.25. The summed E-state index contributed by atoms with van der Waals surface area (Å²) in [5, 5.41) is 7.90. The highest BCUT2D eigenvalue weighted by Crippen LogP contribution is 2.31. The van der Waals surface area contributed by atoms with Gasteiger partial charge in [0.05, 0.1) is 0 Å². The van der Waals surface area contributed by atoms with E-state index in [1.165, 1.54) is 24.2 Å². The lowest BCUT2D eigenvalue weighted by atomic mass is 10.4. The van der Waals surface area contributed by atoms with Crippen molar-refractivity contribution in [2.75, 3.05) is 18.5 Å². The highest BCUT2D eigenvalue weighted by molar-refractivity contribution is 7.73. The van der Waals surface area contributed by atoms with Gasteiger partial charge in [-0.3, -0.25) is 5.10 Å². The molecule has 1 heterocycles. The van der Waals surface area contributed by atoms with Gasteiger partial charge >= 0.3 is 0 Å². The second-order valence-electron chi connectivity index (χ2n) is 3.22. The van der Waals surface area contributed by atoms with Crippen LogP contribution < -0.4 is 4.90 Å². The number of nitrogens with one attached hydrogen (secondary N) is 1. The Bertz CT molecular complexity index is 312. The Kier molecular flexibility index (Phi) is 2.14. The quantitative estimate of drug-likeness (QED) is 0.760. The molecule has 1 aromatic rings. The fourth-order valence-corrected chi connectivity index (χ4v) is 2.00. The zero-order chi connectivity index (χ0) is 8.55. The van der Waals surface area contributed by atoms with Crippen molar-refractivity contribution in [1.82, 2.24) is 10.2 Å². The molecule has 2 rings (SSSR count). The smallest absolute Gasteiger partial charge is 0.206 e. The van der Waals surface area contributed by atoms with Gasteiger partial charge in [0.1, 0.15) is 0 Å². The molecule has 0 amide bonds. The molecule has 1 N–H and O–H groups in total. The van der Waals surface area contributed by atoms with E-state index >= 15 is 0 Å². The van der Waals surface area contributed by atoms with Gasteiger partial charge in [-0.1, -0.05) is 11.3 Å². The van der Waals surface area contributed by atoms with Crippen LogP contribution in [-0.4, -0.2) is 23.8 Å². The molecule has 0 unspecified atom stereocenters. The van der Waals surface area contributed by atoms with Crippen molar-refractivity contribution in [3.8, 4) is 0 Å². The van der Waals surface area contributed by atoms with E-state index in [1.54, 1.807) is 0 Å². The topological polar surface area (TPSA) is 31.9 Å². The second-order valence-corrected chi connectivity index (χ2v) is 4.86. The lowest BCUT2D eigenvalue weighted by Crippen LogP contribution is -2.19. The molecular formula is C7H11N3S2. The first-order chi connectivity index (χ1) is 5.75. The van der Waals surface area contributed by atoms with Gasteiger partial charge in [0.15, 0.2) is 3.95 Å². The number of H-pyrrole nitrogens is 1. The van der Waals surface area contributed by atoms with E-state index in [0.717, 1.165) is 21.5 Å². The van der Waals surface area contributed by atoms with Gasteiger partial charge in [0.25, 0.3) is 0 Å². The van der Waals surface area contributed by atoms with Crippen LogP contribution >= 0.6 is 23.6 Å². The van der Waals surface area contributed by atoms with Gasteiger partial charge in [-0.2, -0.15) is 0 Å². The van der Waals surface area contributed by atoms with E-state index < -0.39 is 0 Å². The summed E-state index contributed by atoms with van der Waals surface area (Å²) >= 11 is 6.49. The minimum Gasteiger partial charge on any atom is -0.349 e. The van der Waals surface area contributed by atoms with Crippen LogP contribution in [0.3, 0.4) is 0 Å². The monoisotopic (exact) mass is 201 g/mol. The zero-order valence-corrected chi connectivity index (χ0v) is 8.54. The van der Waals surface area contributed by atoms with Crippen LogP contribution in [0.15, 0.2) is 0 Å². The number of hydrogen-bond acceptors (Lipinski definition) is 4. The highest BCUT2D eigenvalue weighted by atomic mass is 32.1. The number of anilines is 1. The van der Waals surface area contributed by atoms with Crippen LogP contribution in [0.2, 0.25) is 0 Å². The number of rotatable bonds is 3. The third-order valence-corrected chi connectivity index (χ3v) is 3.19. The molecule has 1 aliphatic carbocycles. The molecule has 0 radical (unpaired) electrons. The maximum absolute atomic E-state index is 4.96. The molecule has 1 saturated carbocycles. The Hall–Kier alpha value is -0.420. The third kappa shape index (κ3) is 1.84. The SMILES string of the molecule is CN(CC1CC1)c1n[nH]c(=S)s1. The summed E-state index contributed by atoms with van der Waals surface area (Å²) in [6, 6.07) is 0. The Morgan fingerprint density at radius 3 is 3.00 bits per heavy atom. The summed E-state index contributed by atoms with van der Waals surface area (Å²) < 4.78 is 0.757. The minimum atomic E-state index is 0.757. The maximum atomic E-state index is 4.96. The summed E-state index contributed by atoms with van der Waals surface area (Å²) in [4.78, 5) is 2.18. The van der Waals surface area contributed by atoms with E-state index in [0.29, 0.717) is 0 Å². The lowest BCUT2D eigenvalue weighted by Gasteiger charge is -2.13. The lowest BCUT2D eigenvalue weighted by molar-refractivity contribution is 0.779. The van der Waals surface area contributed by atoms with Crippen LogP contribution in [0, 0.1) is 9.87 Å². The predicted octanol–water partition coefficient (Wildman–Crippen LogP) is 2.05. The van der Waals surface area contributed by atoms with E-state index in [4.69, 9.17) is 12.2 Å². The van der Waals surface area contributed by atoms with E-state index in [-0.39, 0.29) is 0 Å². The number of nitrogens with zero attached hydrogens (tertiary/aromatic N) is 2. The molecular weight excluding hydrogens is 190 g/mol. The molecule has 66 valence electrons. The molecule has 1 aromatic heterocycles. The first kappa shape index (κ1) is 8.19. The van der Waals surface area contributed by atoms with Crippen LogP contribution in [0.5, 0.6) is 0 Å². The van der Waals surface area contributed by atoms with E-state index in [1.807, 2.05) is 0 Å². The molecule has 0 bridgehead atoms. The molecule has 0 aliphatic heterocycles. The average molecular weight is 201 g/mol.